The SMILES string of the molecule is COc1ccccc1[C@H](N)c1noc(C)n1. The monoisotopic (exact) mass is 219 g/mol. The topological polar surface area (TPSA) is 74.2 Å². The minimum atomic E-state index is -0.436. The molecule has 0 aliphatic heterocycles. The minimum absolute atomic E-state index is 0.436. The third kappa shape index (κ3) is 1.90. The van der Waals surface area contributed by atoms with Crippen molar-refractivity contribution in [2.45, 2.75) is 13.0 Å². The van der Waals surface area contributed by atoms with Gasteiger partial charge in [-0.25, -0.2) is 0 Å². The Morgan fingerprint density at radius 3 is 2.75 bits per heavy atom. The van der Waals surface area contributed by atoms with Crippen molar-refractivity contribution in [1.82, 2.24) is 10.1 Å². The zero-order chi connectivity index (χ0) is 11.5. The van der Waals surface area contributed by atoms with Gasteiger partial charge in [0.1, 0.15) is 5.75 Å². The first-order valence-corrected chi connectivity index (χ1v) is 4.91. The Morgan fingerprint density at radius 2 is 2.12 bits per heavy atom. The summed E-state index contributed by atoms with van der Waals surface area (Å²) >= 11 is 0. The summed E-state index contributed by atoms with van der Waals surface area (Å²) in [7, 11) is 1.60. The highest BCUT2D eigenvalue weighted by molar-refractivity contribution is 5.38. The van der Waals surface area contributed by atoms with Crippen molar-refractivity contribution in [1.29, 1.82) is 0 Å². The average Bonchev–Trinajstić information content (AvgIpc) is 2.75. The van der Waals surface area contributed by atoms with Crippen molar-refractivity contribution in [3.8, 4) is 5.75 Å². The van der Waals surface area contributed by atoms with E-state index >= 15 is 0 Å². The molecule has 5 heteroatoms. The molecule has 0 aliphatic rings. The summed E-state index contributed by atoms with van der Waals surface area (Å²) in [6.45, 7) is 1.73. The standard InChI is InChI=1S/C11H13N3O2/c1-7-13-11(14-16-7)10(12)8-5-3-4-6-9(8)15-2/h3-6,10H,12H2,1-2H3/t10-/m0/s1. The fourth-order valence-electron chi connectivity index (χ4n) is 1.50. The fraction of sp³-hybridized carbons (Fsp3) is 0.273. The lowest BCUT2D eigenvalue weighted by atomic mass is 10.1. The van der Waals surface area contributed by atoms with Crippen molar-refractivity contribution in [3.05, 3.63) is 41.5 Å². The molecule has 5 nitrogen and oxygen atoms in total. The van der Waals surface area contributed by atoms with Crippen LogP contribution in [-0.2, 0) is 0 Å². The van der Waals surface area contributed by atoms with Gasteiger partial charge in [-0.15, -0.1) is 0 Å². The van der Waals surface area contributed by atoms with Crippen molar-refractivity contribution < 1.29 is 9.26 Å². The molecule has 1 heterocycles. The number of ether oxygens (including phenoxy) is 1. The number of aryl methyl sites for hydroxylation is 1. The number of rotatable bonds is 3. The first-order valence-electron chi connectivity index (χ1n) is 4.91. The van der Waals surface area contributed by atoms with Crippen LogP contribution in [0, 0.1) is 6.92 Å². The summed E-state index contributed by atoms with van der Waals surface area (Å²) in [6.07, 6.45) is 0. The molecule has 16 heavy (non-hydrogen) atoms. The number of methoxy groups -OCH3 is 1. The molecule has 2 aromatic rings. The number of hydrogen-bond acceptors (Lipinski definition) is 5. The molecule has 2 rings (SSSR count). The molecule has 0 amide bonds. The van der Waals surface area contributed by atoms with E-state index in [4.69, 9.17) is 15.0 Å². The molecule has 0 unspecified atom stereocenters. The molecule has 0 aliphatic carbocycles. The summed E-state index contributed by atoms with van der Waals surface area (Å²) in [5.74, 6) is 1.68. The molecule has 84 valence electrons. The van der Waals surface area contributed by atoms with Crippen molar-refractivity contribution in [3.63, 3.8) is 0 Å². The zero-order valence-corrected chi connectivity index (χ0v) is 9.18. The second-order valence-electron chi connectivity index (χ2n) is 3.39. The van der Waals surface area contributed by atoms with Crippen LogP contribution < -0.4 is 10.5 Å². The van der Waals surface area contributed by atoms with Gasteiger partial charge in [-0.05, 0) is 6.07 Å². The third-order valence-electron chi connectivity index (χ3n) is 2.30. The lowest BCUT2D eigenvalue weighted by Gasteiger charge is -2.11. The normalized spacial score (nSPS) is 12.4. The molecule has 0 saturated heterocycles. The molecular formula is C11H13N3O2. The van der Waals surface area contributed by atoms with Crippen LogP contribution in [0.15, 0.2) is 28.8 Å². The summed E-state index contributed by atoms with van der Waals surface area (Å²) in [5.41, 5.74) is 6.88. The van der Waals surface area contributed by atoms with E-state index in [1.165, 1.54) is 0 Å². The molecule has 0 bridgehead atoms. The van der Waals surface area contributed by atoms with Gasteiger partial charge >= 0.3 is 0 Å². The highest BCUT2D eigenvalue weighted by Gasteiger charge is 2.18. The molecular weight excluding hydrogens is 206 g/mol. The maximum absolute atomic E-state index is 6.04. The number of aromatic nitrogens is 2. The van der Waals surface area contributed by atoms with E-state index in [1.807, 2.05) is 24.3 Å². The summed E-state index contributed by atoms with van der Waals surface area (Å²) in [5, 5.41) is 3.80. The third-order valence-corrected chi connectivity index (χ3v) is 2.30. The highest BCUT2D eigenvalue weighted by Crippen LogP contribution is 2.26. The zero-order valence-electron chi connectivity index (χ0n) is 9.18. The smallest absolute Gasteiger partial charge is 0.223 e. The number of hydrogen-bond donors (Lipinski definition) is 1. The Morgan fingerprint density at radius 1 is 1.38 bits per heavy atom. The van der Waals surface area contributed by atoms with Gasteiger partial charge in [0.2, 0.25) is 5.89 Å². The number of para-hydroxylation sites is 1. The van der Waals surface area contributed by atoms with E-state index in [2.05, 4.69) is 10.1 Å². The predicted octanol–water partition coefficient (Wildman–Crippen LogP) is 1.43. The average molecular weight is 219 g/mol. The molecule has 0 radical (unpaired) electrons. The molecule has 1 aromatic heterocycles. The number of nitrogens with zero attached hydrogens (tertiary/aromatic N) is 2. The molecule has 0 fully saturated rings. The Kier molecular flexibility index (Phi) is 2.87. The Balaban J connectivity index is 2.36. The lowest BCUT2D eigenvalue weighted by Crippen LogP contribution is -2.14. The first-order chi connectivity index (χ1) is 7.72. The van der Waals surface area contributed by atoms with Crippen LogP contribution in [0.1, 0.15) is 23.3 Å². The molecule has 2 N–H and O–H groups in total. The van der Waals surface area contributed by atoms with Crippen LogP contribution in [0.25, 0.3) is 0 Å². The van der Waals surface area contributed by atoms with Crippen molar-refractivity contribution >= 4 is 0 Å². The maximum atomic E-state index is 6.04. The number of benzene rings is 1. The van der Waals surface area contributed by atoms with Crippen LogP contribution in [0.5, 0.6) is 5.75 Å². The van der Waals surface area contributed by atoms with E-state index in [1.54, 1.807) is 14.0 Å². The van der Waals surface area contributed by atoms with Gasteiger partial charge in [-0.3, -0.25) is 0 Å². The first kappa shape index (κ1) is 10.6. The second-order valence-corrected chi connectivity index (χ2v) is 3.39. The maximum Gasteiger partial charge on any atom is 0.223 e. The minimum Gasteiger partial charge on any atom is -0.496 e. The summed E-state index contributed by atoms with van der Waals surface area (Å²) in [6, 6.07) is 7.08. The van der Waals surface area contributed by atoms with E-state index < -0.39 is 6.04 Å². The Bertz CT molecular complexity index is 482. The van der Waals surface area contributed by atoms with E-state index in [-0.39, 0.29) is 0 Å². The molecule has 1 atom stereocenters. The largest absolute Gasteiger partial charge is 0.496 e. The van der Waals surface area contributed by atoms with Crippen LogP contribution in [0.2, 0.25) is 0 Å². The van der Waals surface area contributed by atoms with E-state index in [0.29, 0.717) is 11.7 Å². The molecule has 0 saturated carbocycles. The fourth-order valence-corrected chi connectivity index (χ4v) is 1.50. The van der Waals surface area contributed by atoms with Crippen LogP contribution in [0.3, 0.4) is 0 Å². The predicted molar refractivity (Wildman–Crippen MR) is 58.1 cm³/mol. The van der Waals surface area contributed by atoms with E-state index in [9.17, 15) is 0 Å². The van der Waals surface area contributed by atoms with Gasteiger partial charge in [-0.2, -0.15) is 4.98 Å². The summed E-state index contributed by atoms with van der Waals surface area (Å²) < 4.78 is 10.1. The van der Waals surface area contributed by atoms with Gasteiger partial charge in [-0.1, -0.05) is 23.4 Å². The lowest BCUT2D eigenvalue weighted by molar-refractivity contribution is 0.383. The van der Waals surface area contributed by atoms with Gasteiger partial charge in [0, 0.05) is 12.5 Å². The number of nitrogens with two attached hydrogens (primary N) is 1. The van der Waals surface area contributed by atoms with Crippen LogP contribution >= 0.6 is 0 Å². The van der Waals surface area contributed by atoms with Crippen LogP contribution in [0.4, 0.5) is 0 Å². The van der Waals surface area contributed by atoms with Crippen molar-refractivity contribution in [2.24, 2.45) is 5.73 Å². The van der Waals surface area contributed by atoms with Gasteiger partial charge < -0.3 is 15.0 Å². The van der Waals surface area contributed by atoms with Gasteiger partial charge in [0.05, 0.1) is 13.2 Å². The van der Waals surface area contributed by atoms with Gasteiger partial charge in [0.15, 0.2) is 5.82 Å². The molecule has 1 aromatic carbocycles. The molecule has 0 spiro atoms. The highest BCUT2D eigenvalue weighted by atomic mass is 16.5. The quantitative estimate of drug-likeness (QED) is 0.845. The summed E-state index contributed by atoms with van der Waals surface area (Å²) in [4.78, 5) is 4.10. The Hall–Kier alpha value is -1.88. The van der Waals surface area contributed by atoms with Gasteiger partial charge in [0.25, 0.3) is 0 Å². The van der Waals surface area contributed by atoms with Crippen LogP contribution in [-0.4, -0.2) is 17.3 Å². The second kappa shape index (κ2) is 4.32. The van der Waals surface area contributed by atoms with E-state index in [0.717, 1.165) is 11.3 Å². The van der Waals surface area contributed by atoms with Crippen molar-refractivity contribution in [2.75, 3.05) is 7.11 Å². The Labute approximate surface area is 93.2 Å².